The molecule has 3 aromatic rings. The van der Waals surface area contributed by atoms with Gasteiger partial charge in [-0.15, -0.1) is 0 Å². The quantitative estimate of drug-likeness (QED) is 0.552. The zero-order chi connectivity index (χ0) is 25.1. The molecule has 3 heterocycles. The summed E-state index contributed by atoms with van der Waals surface area (Å²) in [5.41, 5.74) is 5.87. The molecule has 0 spiro atoms. The number of nitrogens with zero attached hydrogens (tertiary/aromatic N) is 3. The molecule has 1 unspecified atom stereocenters. The van der Waals surface area contributed by atoms with Crippen molar-refractivity contribution < 1.29 is 14.3 Å². The summed E-state index contributed by atoms with van der Waals surface area (Å²) in [6.07, 6.45) is 4.77. The van der Waals surface area contributed by atoms with Crippen LogP contribution in [-0.2, 0) is 17.8 Å². The zero-order valence-corrected chi connectivity index (χ0v) is 20.7. The molecule has 2 aliphatic rings. The third-order valence-electron chi connectivity index (χ3n) is 6.90. The third kappa shape index (κ3) is 5.03. The molecular weight excluding hydrogens is 454 g/mol. The standard InChI is InChI=1S/C28H31N5O3/c1-18-10-11-20(15-19(18)2)17-36-27-22(25(34)31-23-8-5-6-13-29-26(23)35)16-30-28(32-27)33-14-12-21-7-3-4-9-24(21)33/h3-4,7,9-11,15-16,23H,5-6,8,12-14,17H2,1-2H3,(H,29,35)(H,31,34). The molecule has 2 amide bonds. The van der Waals surface area contributed by atoms with Crippen LogP contribution in [0.1, 0.15) is 51.9 Å². The van der Waals surface area contributed by atoms with E-state index in [4.69, 9.17) is 9.72 Å². The first kappa shape index (κ1) is 23.8. The van der Waals surface area contributed by atoms with Gasteiger partial charge in [0, 0.05) is 25.0 Å². The highest BCUT2D eigenvalue weighted by Crippen LogP contribution is 2.33. The van der Waals surface area contributed by atoms with E-state index in [-0.39, 0.29) is 24.0 Å². The van der Waals surface area contributed by atoms with Crippen LogP contribution < -0.4 is 20.3 Å². The van der Waals surface area contributed by atoms with Gasteiger partial charge in [0.2, 0.25) is 17.7 Å². The molecule has 186 valence electrons. The number of para-hydroxylation sites is 1. The van der Waals surface area contributed by atoms with E-state index in [0.717, 1.165) is 37.1 Å². The van der Waals surface area contributed by atoms with Gasteiger partial charge in [-0.25, -0.2) is 4.98 Å². The van der Waals surface area contributed by atoms with Crippen LogP contribution in [0.25, 0.3) is 0 Å². The minimum absolute atomic E-state index is 0.162. The van der Waals surface area contributed by atoms with Gasteiger partial charge >= 0.3 is 0 Å². The second-order valence-corrected chi connectivity index (χ2v) is 9.44. The van der Waals surface area contributed by atoms with Crippen molar-refractivity contribution in [3.63, 3.8) is 0 Å². The first-order valence-electron chi connectivity index (χ1n) is 12.5. The molecular formula is C28H31N5O3. The zero-order valence-electron chi connectivity index (χ0n) is 20.7. The number of carbonyl (C=O) groups is 2. The molecule has 1 atom stereocenters. The average molecular weight is 486 g/mol. The lowest BCUT2D eigenvalue weighted by Crippen LogP contribution is -2.45. The van der Waals surface area contributed by atoms with Crippen LogP contribution in [0, 0.1) is 13.8 Å². The number of anilines is 2. The maximum absolute atomic E-state index is 13.3. The minimum atomic E-state index is -0.585. The molecule has 2 N–H and O–H groups in total. The molecule has 1 fully saturated rings. The Balaban J connectivity index is 1.43. The van der Waals surface area contributed by atoms with E-state index in [0.29, 0.717) is 18.9 Å². The van der Waals surface area contributed by atoms with Gasteiger partial charge in [0.15, 0.2) is 0 Å². The Labute approximate surface area is 211 Å². The molecule has 1 aromatic heterocycles. The normalized spacial score (nSPS) is 17.2. The Morgan fingerprint density at radius 3 is 2.89 bits per heavy atom. The molecule has 8 nitrogen and oxygen atoms in total. The molecule has 1 saturated heterocycles. The Kier molecular flexibility index (Phi) is 6.84. The molecule has 5 rings (SSSR count). The van der Waals surface area contributed by atoms with Crippen molar-refractivity contribution in [2.45, 2.75) is 52.2 Å². The summed E-state index contributed by atoms with van der Waals surface area (Å²) in [6, 6.07) is 13.7. The first-order valence-corrected chi connectivity index (χ1v) is 12.5. The SMILES string of the molecule is Cc1ccc(COc2nc(N3CCc4ccccc43)ncc2C(=O)NC2CCCCNC2=O)cc1C. The molecule has 2 aliphatic heterocycles. The van der Waals surface area contributed by atoms with Gasteiger partial charge < -0.3 is 20.3 Å². The second-order valence-electron chi connectivity index (χ2n) is 9.44. The highest BCUT2D eigenvalue weighted by atomic mass is 16.5. The Bertz CT molecular complexity index is 1290. The summed E-state index contributed by atoms with van der Waals surface area (Å²) in [4.78, 5) is 36.9. The van der Waals surface area contributed by atoms with Gasteiger partial charge in [0.25, 0.3) is 5.91 Å². The van der Waals surface area contributed by atoms with E-state index in [1.165, 1.54) is 22.9 Å². The number of carbonyl (C=O) groups excluding carboxylic acids is 2. The summed E-state index contributed by atoms with van der Waals surface area (Å²) in [7, 11) is 0. The maximum atomic E-state index is 13.3. The maximum Gasteiger partial charge on any atom is 0.259 e. The van der Waals surface area contributed by atoms with Crippen LogP contribution in [0.3, 0.4) is 0 Å². The van der Waals surface area contributed by atoms with E-state index in [1.807, 2.05) is 29.2 Å². The molecule has 2 aromatic carbocycles. The highest BCUT2D eigenvalue weighted by molar-refractivity contribution is 5.99. The number of aryl methyl sites for hydroxylation is 2. The number of benzene rings is 2. The number of rotatable bonds is 6. The summed E-state index contributed by atoms with van der Waals surface area (Å²) in [6.45, 7) is 5.77. The van der Waals surface area contributed by atoms with Crippen LogP contribution in [0.4, 0.5) is 11.6 Å². The van der Waals surface area contributed by atoms with Gasteiger partial charge in [-0.2, -0.15) is 4.98 Å². The lowest BCUT2D eigenvalue weighted by molar-refractivity contribution is -0.122. The number of hydrogen-bond donors (Lipinski definition) is 2. The number of ether oxygens (including phenoxy) is 1. The monoisotopic (exact) mass is 485 g/mol. The summed E-state index contributed by atoms with van der Waals surface area (Å²) < 4.78 is 6.13. The minimum Gasteiger partial charge on any atom is -0.472 e. The average Bonchev–Trinajstić information content (AvgIpc) is 3.22. The topological polar surface area (TPSA) is 96.4 Å². The molecule has 0 aliphatic carbocycles. The van der Waals surface area contributed by atoms with Crippen molar-refractivity contribution >= 4 is 23.5 Å². The van der Waals surface area contributed by atoms with Gasteiger partial charge in [-0.05, 0) is 67.9 Å². The van der Waals surface area contributed by atoms with Gasteiger partial charge in [-0.1, -0.05) is 36.4 Å². The summed E-state index contributed by atoms with van der Waals surface area (Å²) >= 11 is 0. The lowest BCUT2D eigenvalue weighted by Gasteiger charge is -2.20. The van der Waals surface area contributed by atoms with Crippen molar-refractivity contribution in [1.29, 1.82) is 0 Å². The van der Waals surface area contributed by atoms with Crippen LogP contribution >= 0.6 is 0 Å². The fourth-order valence-electron chi connectivity index (χ4n) is 4.66. The molecule has 36 heavy (non-hydrogen) atoms. The van der Waals surface area contributed by atoms with Crippen molar-refractivity contribution in [3.05, 3.63) is 76.5 Å². The van der Waals surface area contributed by atoms with Crippen molar-refractivity contribution in [1.82, 2.24) is 20.6 Å². The number of nitrogens with one attached hydrogen (secondary N) is 2. The first-order chi connectivity index (χ1) is 17.5. The molecule has 0 radical (unpaired) electrons. The number of fused-ring (bicyclic) bond motifs is 1. The van der Waals surface area contributed by atoms with Crippen LogP contribution in [0.15, 0.2) is 48.7 Å². The van der Waals surface area contributed by atoms with E-state index in [9.17, 15) is 9.59 Å². The predicted octanol–water partition coefficient (Wildman–Crippen LogP) is 3.77. The van der Waals surface area contributed by atoms with Crippen molar-refractivity contribution in [2.75, 3.05) is 18.0 Å². The van der Waals surface area contributed by atoms with Gasteiger partial charge in [-0.3, -0.25) is 9.59 Å². The van der Waals surface area contributed by atoms with Crippen molar-refractivity contribution in [3.8, 4) is 5.88 Å². The smallest absolute Gasteiger partial charge is 0.259 e. The summed E-state index contributed by atoms with van der Waals surface area (Å²) in [5.74, 6) is 0.109. The van der Waals surface area contributed by atoms with E-state index in [1.54, 1.807) is 0 Å². The fourth-order valence-corrected chi connectivity index (χ4v) is 4.66. The van der Waals surface area contributed by atoms with E-state index >= 15 is 0 Å². The highest BCUT2D eigenvalue weighted by Gasteiger charge is 2.27. The predicted molar refractivity (Wildman–Crippen MR) is 138 cm³/mol. The Morgan fingerprint density at radius 2 is 2.03 bits per heavy atom. The van der Waals surface area contributed by atoms with Crippen LogP contribution in [0.2, 0.25) is 0 Å². The number of hydrogen-bond acceptors (Lipinski definition) is 6. The lowest BCUT2D eigenvalue weighted by atomic mass is 10.1. The van der Waals surface area contributed by atoms with Crippen LogP contribution in [0.5, 0.6) is 5.88 Å². The molecule has 8 heteroatoms. The van der Waals surface area contributed by atoms with E-state index < -0.39 is 11.9 Å². The fraction of sp³-hybridized carbons (Fsp3) is 0.357. The van der Waals surface area contributed by atoms with Crippen LogP contribution in [-0.4, -0.2) is 40.9 Å². The van der Waals surface area contributed by atoms with Gasteiger partial charge in [0.1, 0.15) is 18.2 Å². The number of amides is 2. The second kappa shape index (κ2) is 10.4. The summed E-state index contributed by atoms with van der Waals surface area (Å²) in [5, 5.41) is 5.72. The third-order valence-corrected chi connectivity index (χ3v) is 6.90. The number of aromatic nitrogens is 2. The Hall–Kier alpha value is -3.94. The van der Waals surface area contributed by atoms with Gasteiger partial charge in [0.05, 0.1) is 0 Å². The molecule has 0 bridgehead atoms. The van der Waals surface area contributed by atoms with Crippen molar-refractivity contribution in [2.24, 2.45) is 0 Å². The molecule has 0 saturated carbocycles. The Morgan fingerprint density at radius 1 is 1.17 bits per heavy atom. The van der Waals surface area contributed by atoms with E-state index in [2.05, 4.69) is 47.7 Å². The largest absolute Gasteiger partial charge is 0.472 e.